The van der Waals surface area contributed by atoms with Gasteiger partial charge in [-0.3, -0.25) is 4.79 Å². The monoisotopic (exact) mass is 337 g/mol. The number of hydrogen-bond donors (Lipinski definition) is 2. The molecule has 1 aromatic rings. The number of amides is 1. The molecule has 6 heteroatoms. The van der Waals surface area contributed by atoms with Crippen molar-refractivity contribution in [3.8, 4) is 5.75 Å². The summed E-state index contributed by atoms with van der Waals surface area (Å²) < 4.78 is 10.4. The number of methoxy groups -OCH3 is 1. The predicted octanol–water partition coefficient (Wildman–Crippen LogP) is 2.26. The third-order valence-corrected chi connectivity index (χ3v) is 3.51. The lowest BCUT2D eigenvalue weighted by Crippen LogP contribution is -2.36. The molecule has 0 heterocycles. The summed E-state index contributed by atoms with van der Waals surface area (Å²) in [5.74, 6) is -0.0623. The number of carboxylic acid groups (broad SMARTS) is 1. The first kappa shape index (κ1) is 20.0. The molecule has 0 aromatic heterocycles. The molecule has 1 amide bonds. The van der Waals surface area contributed by atoms with E-state index < -0.39 is 12.1 Å². The Morgan fingerprint density at radius 2 is 1.79 bits per heavy atom. The van der Waals surface area contributed by atoms with Gasteiger partial charge in [-0.1, -0.05) is 26.0 Å². The highest BCUT2D eigenvalue weighted by molar-refractivity contribution is 5.77. The van der Waals surface area contributed by atoms with Crippen LogP contribution in [0.5, 0.6) is 5.75 Å². The summed E-state index contributed by atoms with van der Waals surface area (Å²) in [5.41, 5.74) is 0.826. The molecule has 2 N–H and O–H groups in total. The molecule has 0 bridgehead atoms. The van der Waals surface area contributed by atoms with Gasteiger partial charge in [0.25, 0.3) is 5.91 Å². The van der Waals surface area contributed by atoms with E-state index in [1.807, 2.05) is 6.92 Å². The van der Waals surface area contributed by atoms with Crippen LogP contribution in [0.2, 0.25) is 0 Å². The van der Waals surface area contributed by atoms with E-state index in [1.165, 1.54) is 7.11 Å². The van der Waals surface area contributed by atoms with E-state index in [1.54, 1.807) is 24.3 Å². The molecule has 1 rings (SSSR count). The molecule has 2 unspecified atom stereocenters. The summed E-state index contributed by atoms with van der Waals surface area (Å²) >= 11 is 0. The minimum atomic E-state index is -0.995. The van der Waals surface area contributed by atoms with Gasteiger partial charge in [-0.2, -0.15) is 0 Å². The Balaban J connectivity index is 2.44. The lowest BCUT2D eigenvalue weighted by Gasteiger charge is -2.16. The van der Waals surface area contributed by atoms with Crippen LogP contribution < -0.4 is 10.1 Å². The number of benzene rings is 1. The average Bonchev–Trinajstić information content (AvgIpc) is 2.50. The fraction of sp³-hybridized carbons (Fsp3) is 0.556. The minimum Gasteiger partial charge on any atom is -0.484 e. The van der Waals surface area contributed by atoms with Gasteiger partial charge in [-0.05, 0) is 37.0 Å². The molecule has 1 aromatic carbocycles. The van der Waals surface area contributed by atoms with Crippen molar-refractivity contribution < 1.29 is 24.2 Å². The lowest BCUT2D eigenvalue weighted by molar-refractivity contribution is -0.148. The van der Waals surface area contributed by atoms with E-state index in [0.29, 0.717) is 11.7 Å². The largest absolute Gasteiger partial charge is 0.484 e. The van der Waals surface area contributed by atoms with Crippen LogP contribution in [0.25, 0.3) is 0 Å². The van der Waals surface area contributed by atoms with Gasteiger partial charge in [0.05, 0.1) is 0 Å². The molecular formula is C18H27NO5. The van der Waals surface area contributed by atoms with Gasteiger partial charge in [0.1, 0.15) is 5.75 Å². The third kappa shape index (κ3) is 7.46. The Kier molecular flexibility index (Phi) is 8.26. The highest BCUT2D eigenvalue weighted by Gasteiger charge is 2.16. The molecule has 0 fully saturated rings. The van der Waals surface area contributed by atoms with Crippen molar-refractivity contribution in [2.24, 2.45) is 5.92 Å². The zero-order valence-corrected chi connectivity index (χ0v) is 14.7. The van der Waals surface area contributed by atoms with Gasteiger partial charge in [-0.15, -0.1) is 0 Å². The Morgan fingerprint density at radius 1 is 1.17 bits per heavy atom. The molecule has 6 nitrogen and oxygen atoms in total. The number of ether oxygens (including phenoxy) is 2. The normalized spacial score (nSPS) is 13.4. The Labute approximate surface area is 143 Å². The summed E-state index contributed by atoms with van der Waals surface area (Å²) in [4.78, 5) is 22.8. The Bertz CT molecular complexity index is 527. The van der Waals surface area contributed by atoms with Crippen LogP contribution in [-0.4, -0.2) is 42.8 Å². The quantitative estimate of drug-likeness (QED) is 0.684. The maximum Gasteiger partial charge on any atom is 0.333 e. The molecular weight excluding hydrogens is 310 g/mol. The van der Waals surface area contributed by atoms with Crippen molar-refractivity contribution in [1.29, 1.82) is 0 Å². The third-order valence-electron chi connectivity index (χ3n) is 3.51. The summed E-state index contributed by atoms with van der Waals surface area (Å²) in [5, 5.41) is 11.9. The summed E-state index contributed by atoms with van der Waals surface area (Å²) in [6, 6.07) is 7.09. The number of aliphatic carboxylic acids is 1. The summed E-state index contributed by atoms with van der Waals surface area (Å²) in [7, 11) is 1.37. The fourth-order valence-electron chi connectivity index (χ4n) is 2.44. The van der Waals surface area contributed by atoms with Crippen molar-refractivity contribution in [2.45, 2.75) is 45.8 Å². The van der Waals surface area contributed by atoms with Crippen LogP contribution in [0.15, 0.2) is 24.3 Å². The zero-order chi connectivity index (χ0) is 18.1. The highest BCUT2D eigenvalue weighted by atomic mass is 16.5. The van der Waals surface area contributed by atoms with Gasteiger partial charge in [-0.25, -0.2) is 4.79 Å². The van der Waals surface area contributed by atoms with Gasteiger partial charge in [0, 0.05) is 19.6 Å². The SMILES string of the molecule is COC(Cc1ccc(OCC(=O)NC(C)CC(C)C)cc1)C(=O)O. The maximum atomic E-state index is 11.8. The molecule has 0 saturated heterocycles. The van der Waals surface area contributed by atoms with Crippen molar-refractivity contribution in [1.82, 2.24) is 5.32 Å². The van der Waals surface area contributed by atoms with Crippen molar-refractivity contribution in [3.63, 3.8) is 0 Å². The minimum absolute atomic E-state index is 0.0440. The van der Waals surface area contributed by atoms with E-state index in [-0.39, 0.29) is 25.0 Å². The first-order valence-electron chi connectivity index (χ1n) is 8.08. The number of carbonyl (C=O) groups is 2. The highest BCUT2D eigenvalue weighted by Crippen LogP contribution is 2.14. The molecule has 2 atom stereocenters. The van der Waals surface area contributed by atoms with Crippen LogP contribution in [0.1, 0.15) is 32.8 Å². The number of nitrogens with one attached hydrogen (secondary N) is 1. The van der Waals surface area contributed by atoms with Gasteiger partial charge in [0.2, 0.25) is 0 Å². The van der Waals surface area contributed by atoms with E-state index in [2.05, 4.69) is 19.2 Å². The Morgan fingerprint density at radius 3 is 2.29 bits per heavy atom. The van der Waals surface area contributed by atoms with E-state index in [4.69, 9.17) is 14.6 Å². The molecule has 0 aliphatic carbocycles. The van der Waals surface area contributed by atoms with Crippen LogP contribution in [0.3, 0.4) is 0 Å². The molecule has 0 aliphatic rings. The first-order valence-corrected chi connectivity index (χ1v) is 8.08. The molecule has 0 radical (unpaired) electrons. The molecule has 134 valence electrons. The fourth-order valence-corrected chi connectivity index (χ4v) is 2.44. The molecule has 0 saturated carbocycles. The van der Waals surface area contributed by atoms with Crippen LogP contribution in [-0.2, 0) is 20.7 Å². The summed E-state index contributed by atoms with van der Waals surface area (Å²) in [6.07, 6.45) is 0.328. The van der Waals surface area contributed by atoms with Crippen LogP contribution in [0, 0.1) is 5.92 Å². The standard InChI is InChI=1S/C18H27NO5/c1-12(2)9-13(3)19-17(20)11-24-15-7-5-14(6-8-15)10-16(23-4)18(21)22/h5-8,12-13,16H,9-11H2,1-4H3,(H,19,20)(H,21,22). The second kappa shape index (κ2) is 9.93. The number of carbonyl (C=O) groups excluding carboxylic acids is 1. The van der Waals surface area contributed by atoms with Crippen molar-refractivity contribution >= 4 is 11.9 Å². The number of hydrogen-bond acceptors (Lipinski definition) is 4. The van der Waals surface area contributed by atoms with Crippen LogP contribution >= 0.6 is 0 Å². The van der Waals surface area contributed by atoms with Crippen molar-refractivity contribution in [3.05, 3.63) is 29.8 Å². The lowest BCUT2D eigenvalue weighted by atomic mass is 10.1. The van der Waals surface area contributed by atoms with Gasteiger partial charge in [0.15, 0.2) is 12.7 Å². The maximum absolute atomic E-state index is 11.8. The van der Waals surface area contributed by atoms with E-state index in [9.17, 15) is 9.59 Å². The molecule has 24 heavy (non-hydrogen) atoms. The van der Waals surface area contributed by atoms with Crippen LogP contribution in [0.4, 0.5) is 0 Å². The van der Waals surface area contributed by atoms with E-state index in [0.717, 1.165) is 12.0 Å². The molecule has 0 aliphatic heterocycles. The van der Waals surface area contributed by atoms with Gasteiger partial charge >= 0.3 is 5.97 Å². The topological polar surface area (TPSA) is 84.9 Å². The number of carboxylic acids is 1. The summed E-state index contributed by atoms with van der Waals surface area (Å²) in [6.45, 7) is 6.15. The first-order chi connectivity index (χ1) is 11.3. The molecule has 0 spiro atoms. The van der Waals surface area contributed by atoms with Crippen molar-refractivity contribution in [2.75, 3.05) is 13.7 Å². The second-order valence-electron chi connectivity index (χ2n) is 6.30. The van der Waals surface area contributed by atoms with E-state index >= 15 is 0 Å². The van der Waals surface area contributed by atoms with Gasteiger partial charge < -0.3 is 19.9 Å². The Hall–Kier alpha value is -2.08. The zero-order valence-electron chi connectivity index (χ0n) is 14.7. The second-order valence-corrected chi connectivity index (χ2v) is 6.30. The average molecular weight is 337 g/mol. The smallest absolute Gasteiger partial charge is 0.333 e. The predicted molar refractivity (Wildman–Crippen MR) is 91.1 cm³/mol. The number of rotatable bonds is 10.